The Bertz CT molecular complexity index is 956. The van der Waals surface area contributed by atoms with E-state index < -0.39 is 5.97 Å². The summed E-state index contributed by atoms with van der Waals surface area (Å²) < 4.78 is 19.3. The Morgan fingerprint density at radius 2 is 1.85 bits per heavy atom. The molecule has 0 heterocycles. The predicted molar refractivity (Wildman–Crippen MR) is 102 cm³/mol. The first-order chi connectivity index (χ1) is 13.1. The van der Waals surface area contributed by atoms with Crippen molar-refractivity contribution in [2.75, 3.05) is 5.43 Å². The Kier molecular flexibility index (Phi) is 5.79. The van der Waals surface area contributed by atoms with E-state index >= 15 is 0 Å². The van der Waals surface area contributed by atoms with E-state index in [1.54, 1.807) is 48.7 Å². The molecule has 0 aromatic heterocycles. The molecule has 136 valence electrons. The molecule has 27 heavy (non-hydrogen) atoms. The fraction of sp³-hybridized carbons (Fsp3) is 0.0476. The van der Waals surface area contributed by atoms with Gasteiger partial charge < -0.3 is 9.84 Å². The number of hydrogen-bond donors (Lipinski definition) is 2. The molecule has 0 radical (unpaired) electrons. The molecule has 3 aromatic carbocycles. The minimum Gasteiger partial charge on any atom is -0.489 e. The van der Waals surface area contributed by atoms with Crippen molar-refractivity contribution in [1.29, 1.82) is 0 Å². The standard InChI is InChI=1S/C21H17FN2O3/c22-20-7-2-1-5-17(20)14-27-19-6-3-4-15(12-19)13-23-24-18-10-8-16(9-11-18)21(25)26/h1-13,24H,14H2,(H,25,26)/b23-13+. The summed E-state index contributed by atoms with van der Waals surface area (Å²) >= 11 is 0. The van der Waals surface area contributed by atoms with Crippen LogP contribution in [-0.4, -0.2) is 17.3 Å². The number of rotatable bonds is 7. The number of hydrogen-bond acceptors (Lipinski definition) is 4. The van der Waals surface area contributed by atoms with E-state index in [1.807, 2.05) is 12.1 Å². The van der Waals surface area contributed by atoms with Gasteiger partial charge in [-0.2, -0.15) is 5.10 Å². The molecule has 0 aliphatic heterocycles. The van der Waals surface area contributed by atoms with Gasteiger partial charge in [0.15, 0.2) is 0 Å². The van der Waals surface area contributed by atoms with Gasteiger partial charge in [-0.1, -0.05) is 30.3 Å². The van der Waals surface area contributed by atoms with Crippen LogP contribution >= 0.6 is 0 Å². The van der Waals surface area contributed by atoms with Gasteiger partial charge in [-0.25, -0.2) is 9.18 Å². The zero-order valence-corrected chi connectivity index (χ0v) is 14.3. The van der Waals surface area contributed by atoms with Crippen LogP contribution < -0.4 is 10.2 Å². The molecule has 0 unspecified atom stereocenters. The Labute approximate surface area is 155 Å². The summed E-state index contributed by atoms with van der Waals surface area (Å²) in [6.45, 7) is 0.140. The van der Waals surface area contributed by atoms with Crippen LogP contribution in [0.5, 0.6) is 5.75 Å². The highest BCUT2D eigenvalue weighted by Gasteiger charge is 2.03. The number of anilines is 1. The zero-order valence-electron chi connectivity index (χ0n) is 14.3. The number of nitrogens with zero attached hydrogens (tertiary/aromatic N) is 1. The Morgan fingerprint density at radius 1 is 1.07 bits per heavy atom. The normalized spacial score (nSPS) is 10.7. The van der Waals surface area contributed by atoms with Crippen molar-refractivity contribution in [3.63, 3.8) is 0 Å². The number of aromatic carboxylic acids is 1. The van der Waals surface area contributed by atoms with Gasteiger partial charge in [0.2, 0.25) is 0 Å². The lowest BCUT2D eigenvalue weighted by molar-refractivity contribution is 0.0697. The van der Waals surface area contributed by atoms with Gasteiger partial charge in [-0.3, -0.25) is 5.43 Å². The van der Waals surface area contributed by atoms with E-state index in [0.717, 1.165) is 5.56 Å². The van der Waals surface area contributed by atoms with Gasteiger partial charge in [0, 0.05) is 5.56 Å². The quantitative estimate of drug-likeness (QED) is 0.477. The highest BCUT2D eigenvalue weighted by Crippen LogP contribution is 2.16. The molecule has 0 aliphatic rings. The maximum absolute atomic E-state index is 13.6. The molecule has 0 fully saturated rings. The molecule has 0 spiro atoms. The minimum absolute atomic E-state index is 0.140. The van der Waals surface area contributed by atoms with Crippen molar-refractivity contribution in [2.24, 2.45) is 5.10 Å². The molecule has 3 rings (SSSR count). The molecular weight excluding hydrogens is 347 g/mol. The van der Waals surface area contributed by atoms with Crippen LogP contribution in [0.4, 0.5) is 10.1 Å². The van der Waals surface area contributed by atoms with Gasteiger partial charge >= 0.3 is 5.97 Å². The highest BCUT2D eigenvalue weighted by molar-refractivity contribution is 5.88. The molecular formula is C21H17FN2O3. The van der Waals surface area contributed by atoms with Gasteiger partial charge in [0.05, 0.1) is 17.5 Å². The van der Waals surface area contributed by atoms with Crippen molar-refractivity contribution >= 4 is 17.9 Å². The fourth-order valence-electron chi connectivity index (χ4n) is 2.33. The number of carboxylic acid groups (broad SMARTS) is 1. The molecule has 5 nitrogen and oxygen atoms in total. The Balaban J connectivity index is 1.59. The lowest BCUT2D eigenvalue weighted by Gasteiger charge is -2.07. The number of carboxylic acids is 1. The second-order valence-electron chi connectivity index (χ2n) is 5.71. The summed E-state index contributed by atoms with van der Waals surface area (Å²) in [4.78, 5) is 10.8. The van der Waals surface area contributed by atoms with Crippen LogP contribution in [0.1, 0.15) is 21.5 Å². The Hall–Kier alpha value is -3.67. The molecule has 0 aliphatic carbocycles. The summed E-state index contributed by atoms with van der Waals surface area (Å²) in [5, 5.41) is 13.0. The maximum Gasteiger partial charge on any atom is 0.335 e. The van der Waals surface area contributed by atoms with Crippen LogP contribution in [0, 0.1) is 5.82 Å². The van der Waals surface area contributed by atoms with Crippen molar-refractivity contribution in [2.45, 2.75) is 6.61 Å². The van der Waals surface area contributed by atoms with Crippen molar-refractivity contribution < 1.29 is 19.0 Å². The molecule has 0 bridgehead atoms. The number of ether oxygens (including phenoxy) is 1. The summed E-state index contributed by atoms with van der Waals surface area (Å²) in [5.74, 6) is -0.668. The van der Waals surface area contributed by atoms with Crippen molar-refractivity contribution in [3.8, 4) is 5.75 Å². The third kappa shape index (κ3) is 5.15. The topological polar surface area (TPSA) is 70.9 Å². The largest absolute Gasteiger partial charge is 0.489 e. The van der Waals surface area contributed by atoms with Crippen molar-refractivity contribution in [3.05, 3.63) is 95.3 Å². The number of carbonyl (C=O) groups is 1. The van der Waals surface area contributed by atoms with Gasteiger partial charge in [0.1, 0.15) is 18.2 Å². The first kappa shape index (κ1) is 18.1. The summed E-state index contributed by atoms with van der Waals surface area (Å²) in [7, 11) is 0. The van der Waals surface area contributed by atoms with Gasteiger partial charge in [-0.05, 0) is 48.0 Å². The van der Waals surface area contributed by atoms with Crippen molar-refractivity contribution in [1.82, 2.24) is 0 Å². The summed E-state index contributed by atoms with van der Waals surface area (Å²) in [6, 6.07) is 20.0. The van der Waals surface area contributed by atoms with Crippen LogP contribution in [0.3, 0.4) is 0 Å². The van der Waals surface area contributed by atoms with E-state index in [4.69, 9.17) is 9.84 Å². The lowest BCUT2D eigenvalue weighted by atomic mass is 10.2. The number of benzene rings is 3. The number of hydrazone groups is 1. The monoisotopic (exact) mass is 364 g/mol. The number of halogens is 1. The van der Waals surface area contributed by atoms with Crippen LogP contribution in [0.2, 0.25) is 0 Å². The molecule has 0 saturated carbocycles. The maximum atomic E-state index is 13.6. The van der Waals surface area contributed by atoms with E-state index in [1.165, 1.54) is 18.2 Å². The second kappa shape index (κ2) is 8.62. The smallest absolute Gasteiger partial charge is 0.335 e. The third-order valence-electron chi connectivity index (χ3n) is 3.75. The Morgan fingerprint density at radius 3 is 2.59 bits per heavy atom. The van der Waals surface area contributed by atoms with Gasteiger partial charge in [0.25, 0.3) is 0 Å². The average molecular weight is 364 g/mol. The predicted octanol–water partition coefficient (Wildman–Crippen LogP) is 4.55. The van der Waals surface area contributed by atoms with Crippen LogP contribution in [0.15, 0.2) is 77.9 Å². The van der Waals surface area contributed by atoms with Gasteiger partial charge in [-0.15, -0.1) is 0 Å². The zero-order chi connectivity index (χ0) is 19.1. The third-order valence-corrected chi connectivity index (χ3v) is 3.75. The number of nitrogens with one attached hydrogen (secondary N) is 1. The first-order valence-corrected chi connectivity index (χ1v) is 8.20. The van der Waals surface area contributed by atoms with E-state index in [9.17, 15) is 9.18 Å². The van der Waals surface area contributed by atoms with E-state index in [-0.39, 0.29) is 18.0 Å². The first-order valence-electron chi connectivity index (χ1n) is 8.20. The second-order valence-corrected chi connectivity index (χ2v) is 5.71. The average Bonchev–Trinajstić information content (AvgIpc) is 2.68. The molecule has 3 aromatic rings. The molecule has 6 heteroatoms. The molecule has 0 amide bonds. The molecule has 0 saturated heterocycles. The van der Waals surface area contributed by atoms with Crippen LogP contribution in [-0.2, 0) is 6.61 Å². The van der Waals surface area contributed by atoms with E-state index in [2.05, 4.69) is 10.5 Å². The summed E-state index contributed by atoms with van der Waals surface area (Å²) in [5.41, 5.74) is 5.00. The SMILES string of the molecule is O=C(O)c1ccc(N/N=C/c2cccc(OCc3ccccc3F)c2)cc1. The molecule has 2 N–H and O–H groups in total. The minimum atomic E-state index is -0.975. The summed E-state index contributed by atoms with van der Waals surface area (Å²) in [6.07, 6.45) is 1.61. The van der Waals surface area contributed by atoms with E-state index in [0.29, 0.717) is 17.0 Å². The van der Waals surface area contributed by atoms with Crippen LogP contribution in [0.25, 0.3) is 0 Å². The fourth-order valence-corrected chi connectivity index (χ4v) is 2.33. The lowest BCUT2D eigenvalue weighted by Crippen LogP contribution is -1.99. The highest BCUT2D eigenvalue weighted by atomic mass is 19.1. The molecule has 0 atom stereocenters.